The fraction of sp³-hybridized carbons (Fsp3) is 0.333. The zero-order valence-electron chi connectivity index (χ0n) is 11.4. The highest BCUT2D eigenvalue weighted by molar-refractivity contribution is 5.40. The van der Waals surface area contributed by atoms with Crippen molar-refractivity contribution in [2.75, 3.05) is 7.11 Å². The average molecular weight is 252 g/mol. The van der Waals surface area contributed by atoms with Crippen molar-refractivity contribution >= 4 is 0 Å². The third kappa shape index (κ3) is 2.65. The predicted molar refractivity (Wildman–Crippen MR) is 78.8 cm³/mol. The van der Waals surface area contributed by atoms with Crippen LogP contribution >= 0.6 is 0 Å². The zero-order valence-corrected chi connectivity index (χ0v) is 11.4. The number of hydrogen-bond acceptors (Lipinski definition) is 1. The monoisotopic (exact) mass is 252 g/mol. The molecule has 0 amide bonds. The molecule has 0 N–H and O–H groups in total. The summed E-state index contributed by atoms with van der Waals surface area (Å²) < 4.78 is 5.33. The van der Waals surface area contributed by atoms with Gasteiger partial charge in [-0.25, -0.2) is 0 Å². The molecule has 0 saturated heterocycles. The number of hydrogen-bond donors (Lipinski definition) is 0. The molecule has 0 aromatic heterocycles. The van der Waals surface area contributed by atoms with E-state index in [0.29, 0.717) is 5.92 Å². The van der Waals surface area contributed by atoms with E-state index in [9.17, 15) is 0 Å². The van der Waals surface area contributed by atoms with Gasteiger partial charge in [0.1, 0.15) is 5.75 Å². The molecule has 0 fully saturated rings. The van der Waals surface area contributed by atoms with Crippen LogP contribution in [-0.2, 0) is 12.8 Å². The number of fused-ring (bicyclic) bond motifs is 1. The second-order valence-electron chi connectivity index (χ2n) is 5.34. The molecule has 3 rings (SSSR count). The Morgan fingerprint density at radius 3 is 2.74 bits per heavy atom. The van der Waals surface area contributed by atoms with Crippen molar-refractivity contribution in [1.29, 1.82) is 0 Å². The van der Waals surface area contributed by atoms with E-state index in [-0.39, 0.29) is 0 Å². The number of aryl methyl sites for hydroxylation is 1. The molecular formula is C18H20O. The standard InChI is InChI=1S/C18H20O/c1-19-17-10-11-18-15(8-5-9-16(18)13-17)12-14-6-3-2-4-7-14/h2-4,6-7,10-11,13,15H,5,8-9,12H2,1H3/t15-/m1/s1. The molecule has 0 aliphatic heterocycles. The molecule has 2 aromatic carbocycles. The normalized spacial score (nSPS) is 17.8. The summed E-state index contributed by atoms with van der Waals surface area (Å²) in [6.45, 7) is 0. The summed E-state index contributed by atoms with van der Waals surface area (Å²) in [4.78, 5) is 0. The lowest BCUT2D eigenvalue weighted by molar-refractivity contribution is 0.413. The minimum Gasteiger partial charge on any atom is -0.497 e. The molecule has 1 heteroatoms. The minimum atomic E-state index is 0.664. The van der Waals surface area contributed by atoms with Gasteiger partial charge < -0.3 is 4.74 Å². The largest absolute Gasteiger partial charge is 0.497 e. The quantitative estimate of drug-likeness (QED) is 0.788. The van der Waals surface area contributed by atoms with Crippen molar-refractivity contribution < 1.29 is 4.74 Å². The van der Waals surface area contributed by atoms with Gasteiger partial charge >= 0.3 is 0 Å². The molecule has 1 atom stereocenters. The highest BCUT2D eigenvalue weighted by Crippen LogP contribution is 2.35. The average Bonchev–Trinajstić information content (AvgIpc) is 2.48. The van der Waals surface area contributed by atoms with Crippen LogP contribution in [0.25, 0.3) is 0 Å². The van der Waals surface area contributed by atoms with Crippen LogP contribution in [0, 0.1) is 0 Å². The first kappa shape index (κ1) is 12.3. The van der Waals surface area contributed by atoms with Gasteiger partial charge in [0.15, 0.2) is 0 Å². The lowest BCUT2D eigenvalue weighted by Crippen LogP contribution is -2.12. The Bertz CT molecular complexity index is 545. The molecule has 1 aliphatic rings. The summed E-state index contributed by atoms with van der Waals surface area (Å²) in [5.74, 6) is 1.65. The highest BCUT2D eigenvalue weighted by atomic mass is 16.5. The van der Waals surface area contributed by atoms with Crippen molar-refractivity contribution in [2.24, 2.45) is 0 Å². The summed E-state index contributed by atoms with van der Waals surface area (Å²) >= 11 is 0. The van der Waals surface area contributed by atoms with Crippen LogP contribution < -0.4 is 4.74 Å². The van der Waals surface area contributed by atoms with E-state index in [1.807, 2.05) is 0 Å². The summed E-state index contributed by atoms with van der Waals surface area (Å²) in [5.41, 5.74) is 4.44. The van der Waals surface area contributed by atoms with Gasteiger partial charge in [-0.05, 0) is 60.4 Å². The van der Waals surface area contributed by atoms with Gasteiger partial charge in [0.05, 0.1) is 7.11 Å². The maximum absolute atomic E-state index is 5.33. The van der Waals surface area contributed by atoms with Crippen LogP contribution in [0.4, 0.5) is 0 Å². The predicted octanol–water partition coefficient (Wildman–Crippen LogP) is 4.36. The Kier molecular flexibility index (Phi) is 3.54. The first-order valence-corrected chi connectivity index (χ1v) is 7.07. The first-order valence-electron chi connectivity index (χ1n) is 7.07. The van der Waals surface area contributed by atoms with E-state index in [2.05, 4.69) is 48.5 Å². The van der Waals surface area contributed by atoms with Crippen LogP contribution in [0.2, 0.25) is 0 Å². The van der Waals surface area contributed by atoms with Gasteiger partial charge in [-0.1, -0.05) is 36.4 Å². The lowest BCUT2D eigenvalue weighted by Gasteiger charge is -2.26. The molecule has 1 aliphatic carbocycles. The number of methoxy groups -OCH3 is 1. The Hall–Kier alpha value is -1.76. The van der Waals surface area contributed by atoms with Crippen molar-refractivity contribution in [3.63, 3.8) is 0 Å². The Labute approximate surface area is 115 Å². The van der Waals surface area contributed by atoms with E-state index in [1.165, 1.54) is 36.0 Å². The molecule has 0 radical (unpaired) electrons. The summed E-state index contributed by atoms with van der Waals surface area (Å²) in [6.07, 6.45) is 4.93. The van der Waals surface area contributed by atoms with Crippen molar-refractivity contribution in [2.45, 2.75) is 31.6 Å². The van der Waals surface area contributed by atoms with E-state index >= 15 is 0 Å². The summed E-state index contributed by atoms with van der Waals surface area (Å²) in [6, 6.07) is 17.4. The third-order valence-corrected chi connectivity index (χ3v) is 4.11. The highest BCUT2D eigenvalue weighted by Gasteiger charge is 2.20. The van der Waals surface area contributed by atoms with Crippen LogP contribution in [0.1, 0.15) is 35.4 Å². The molecular weight excluding hydrogens is 232 g/mol. The van der Waals surface area contributed by atoms with Gasteiger partial charge in [0, 0.05) is 0 Å². The van der Waals surface area contributed by atoms with Crippen molar-refractivity contribution in [3.8, 4) is 5.75 Å². The molecule has 98 valence electrons. The molecule has 2 aromatic rings. The van der Waals surface area contributed by atoms with Crippen LogP contribution in [0.15, 0.2) is 48.5 Å². The molecule has 1 nitrogen and oxygen atoms in total. The Balaban J connectivity index is 1.86. The smallest absolute Gasteiger partial charge is 0.119 e. The van der Waals surface area contributed by atoms with Gasteiger partial charge in [-0.15, -0.1) is 0 Å². The second kappa shape index (κ2) is 5.48. The number of rotatable bonds is 3. The van der Waals surface area contributed by atoms with Crippen molar-refractivity contribution in [1.82, 2.24) is 0 Å². The molecule has 19 heavy (non-hydrogen) atoms. The summed E-state index contributed by atoms with van der Waals surface area (Å²) in [5, 5.41) is 0. The summed E-state index contributed by atoms with van der Waals surface area (Å²) in [7, 11) is 1.74. The van der Waals surface area contributed by atoms with E-state index < -0.39 is 0 Å². The van der Waals surface area contributed by atoms with Crippen LogP contribution in [0.5, 0.6) is 5.75 Å². The number of ether oxygens (including phenoxy) is 1. The van der Waals surface area contributed by atoms with Gasteiger partial charge in [-0.3, -0.25) is 0 Å². The Morgan fingerprint density at radius 1 is 1.11 bits per heavy atom. The molecule has 0 unspecified atom stereocenters. The lowest BCUT2D eigenvalue weighted by atomic mass is 9.79. The molecule has 0 saturated carbocycles. The van der Waals surface area contributed by atoms with Crippen LogP contribution in [-0.4, -0.2) is 7.11 Å². The first-order chi connectivity index (χ1) is 9.36. The van der Waals surface area contributed by atoms with E-state index in [0.717, 1.165) is 12.2 Å². The van der Waals surface area contributed by atoms with Gasteiger partial charge in [0.25, 0.3) is 0 Å². The van der Waals surface area contributed by atoms with E-state index in [4.69, 9.17) is 4.74 Å². The maximum Gasteiger partial charge on any atom is 0.119 e. The topological polar surface area (TPSA) is 9.23 Å². The van der Waals surface area contributed by atoms with Gasteiger partial charge in [-0.2, -0.15) is 0 Å². The number of benzene rings is 2. The maximum atomic E-state index is 5.33. The molecule has 0 heterocycles. The van der Waals surface area contributed by atoms with Crippen molar-refractivity contribution in [3.05, 3.63) is 65.2 Å². The fourth-order valence-corrected chi connectivity index (χ4v) is 3.13. The zero-order chi connectivity index (χ0) is 13.1. The molecule has 0 spiro atoms. The third-order valence-electron chi connectivity index (χ3n) is 4.11. The molecule has 0 bridgehead atoms. The fourth-order valence-electron chi connectivity index (χ4n) is 3.13. The minimum absolute atomic E-state index is 0.664. The van der Waals surface area contributed by atoms with Gasteiger partial charge in [0.2, 0.25) is 0 Å². The Morgan fingerprint density at radius 2 is 1.95 bits per heavy atom. The van der Waals surface area contributed by atoms with E-state index in [1.54, 1.807) is 7.11 Å². The van der Waals surface area contributed by atoms with Crippen LogP contribution in [0.3, 0.4) is 0 Å². The second-order valence-corrected chi connectivity index (χ2v) is 5.34. The SMILES string of the molecule is COc1ccc2c(c1)CCC[C@@H]2Cc1ccccc1.